The van der Waals surface area contributed by atoms with Crippen LogP contribution in [0, 0.1) is 11.8 Å². The highest BCUT2D eigenvalue weighted by Crippen LogP contribution is 2.25. The number of benzene rings is 1. The van der Waals surface area contributed by atoms with Gasteiger partial charge in [0.05, 0.1) is 16.4 Å². The number of halogens is 1. The molecule has 0 atom stereocenters. The van der Waals surface area contributed by atoms with Crippen LogP contribution >= 0.6 is 22.9 Å². The molecule has 1 heterocycles. The third kappa shape index (κ3) is 3.51. The number of hydrogen-bond acceptors (Lipinski definition) is 3. The summed E-state index contributed by atoms with van der Waals surface area (Å²) < 4.78 is 5.65. The van der Waals surface area contributed by atoms with Crippen molar-refractivity contribution in [2.75, 3.05) is 6.54 Å². The normalized spacial score (nSPS) is 9.67. The van der Waals surface area contributed by atoms with E-state index in [4.69, 9.17) is 22.1 Å². The molecule has 0 saturated heterocycles. The molecular formula is C14H12ClNOS. The van der Waals surface area contributed by atoms with E-state index < -0.39 is 0 Å². The number of ether oxygens (including phenoxy) is 1. The predicted molar refractivity (Wildman–Crippen MR) is 76.0 cm³/mol. The molecule has 0 radical (unpaired) electrons. The zero-order valence-corrected chi connectivity index (χ0v) is 11.2. The number of hydrogen-bond donors (Lipinski definition) is 1. The lowest BCUT2D eigenvalue weighted by atomic mass is 10.3. The number of rotatable bonds is 3. The molecule has 2 nitrogen and oxygen atoms in total. The van der Waals surface area contributed by atoms with Crippen molar-refractivity contribution in [3.8, 4) is 17.6 Å². The smallest absolute Gasteiger partial charge is 0.138 e. The Hall–Kier alpha value is -1.47. The molecule has 0 bridgehead atoms. The van der Waals surface area contributed by atoms with Gasteiger partial charge in [0.15, 0.2) is 0 Å². The summed E-state index contributed by atoms with van der Waals surface area (Å²) in [5.41, 5.74) is 5.33. The first-order valence-electron chi connectivity index (χ1n) is 5.44. The van der Waals surface area contributed by atoms with Gasteiger partial charge in [-0.05, 0) is 24.3 Å². The van der Waals surface area contributed by atoms with Crippen LogP contribution in [0.5, 0.6) is 5.75 Å². The van der Waals surface area contributed by atoms with E-state index in [-0.39, 0.29) is 0 Å². The molecule has 1 aromatic heterocycles. The number of para-hydroxylation sites is 1. The largest absolute Gasteiger partial charge is 0.487 e. The van der Waals surface area contributed by atoms with Crippen LogP contribution in [0.25, 0.3) is 0 Å². The van der Waals surface area contributed by atoms with Crippen molar-refractivity contribution in [1.29, 1.82) is 0 Å². The minimum Gasteiger partial charge on any atom is -0.487 e. The highest BCUT2D eigenvalue weighted by molar-refractivity contribution is 7.12. The maximum Gasteiger partial charge on any atom is 0.138 e. The molecule has 92 valence electrons. The molecule has 2 rings (SSSR count). The van der Waals surface area contributed by atoms with Gasteiger partial charge < -0.3 is 10.5 Å². The first-order chi connectivity index (χ1) is 8.79. The molecule has 1 aromatic carbocycles. The van der Waals surface area contributed by atoms with Crippen LogP contribution in [0.2, 0.25) is 5.02 Å². The fourth-order valence-corrected chi connectivity index (χ4v) is 2.36. The van der Waals surface area contributed by atoms with Crippen LogP contribution in [0.15, 0.2) is 36.4 Å². The lowest BCUT2D eigenvalue weighted by molar-refractivity contribution is 0.310. The monoisotopic (exact) mass is 277 g/mol. The molecule has 0 amide bonds. The highest BCUT2D eigenvalue weighted by Gasteiger charge is 2.02. The molecule has 0 spiro atoms. The topological polar surface area (TPSA) is 35.2 Å². The first-order valence-corrected chi connectivity index (χ1v) is 6.64. The van der Waals surface area contributed by atoms with E-state index in [2.05, 4.69) is 11.8 Å². The van der Waals surface area contributed by atoms with Gasteiger partial charge in [0.1, 0.15) is 12.4 Å². The summed E-state index contributed by atoms with van der Waals surface area (Å²) in [5, 5.41) is 0.622. The van der Waals surface area contributed by atoms with Gasteiger partial charge in [0.2, 0.25) is 0 Å². The summed E-state index contributed by atoms with van der Waals surface area (Å²) in [5.74, 6) is 6.52. The number of nitrogens with two attached hydrogens (primary N) is 1. The van der Waals surface area contributed by atoms with Crippen molar-refractivity contribution in [2.45, 2.75) is 6.61 Å². The van der Waals surface area contributed by atoms with Gasteiger partial charge >= 0.3 is 0 Å². The standard InChI is InChI=1S/C14H12ClNOS/c15-13-5-1-2-6-14(13)17-10-12-8-7-11(18-12)4-3-9-16/h1-2,5-8H,9-10,16H2. The Balaban J connectivity index is 1.98. The van der Waals surface area contributed by atoms with E-state index in [0.717, 1.165) is 9.75 Å². The van der Waals surface area contributed by atoms with E-state index in [1.807, 2.05) is 36.4 Å². The van der Waals surface area contributed by atoms with Crippen LogP contribution in [-0.2, 0) is 6.61 Å². The van der Waals surface area contributed by atoms with Gasteiger partial charge in [-0.15, -0.1) is 11.3 Å². The van der Waals surface area contributed by atoms with Crippen molar-refractivity contribution >= 4 is 22.9 Å². The third-order valence-electron chi connectivity index (χ3n) is 2.18. The molecule has 18 heavy (non-hydrogen) atoms. The minimum atomic E-state index is 0.378. The highest BCUT2D eigenvalue weighted by atomic mass is 35.5. The van der Waals surface area contributed by atoms with Gasteiger partial charge in [0, 0.05) is 4.88 Å². The van der Waals surface area contributed by atoms with Crippen molar-refractivity contribution in [2.24, 2.45) is 5.73 Å². The van der Waals surface area contributed by atoms with Gasteiger partial charge in [-0.1, -0.05) is 35.6 Å². The second kappa shape index (κ2) is 6.46. The maximum atomic E-state index is 6.01. The summed E-state index contributed by atoms with van der Waals surface area (Å²) >= 11 is 7.61. The first kappa shape index (κ1) is 13.0. The number of thiophene rings is 1. The molecule has 4 heteroatoms. The van der Waals surface area contributed by atoms with Crippen molar-refractivity contribution in [1.82, 2.24) is 0 Å². The van der Waals surface area contributed by atoms with E-state index in [9.17, 15) is 0 Å². The Bertz CT molecular complexity index is 583. The summed E-state index contributed by atoms with van der Waals surface area (Å²) in [4.78, 5) is 2.11. The average Bonchev–Trinajstić information content (AvgIpc) is 2.83. The van der Waals surface area contributed by atoms with Gasteiger partial charge in [0.25, 0.3) is 0 Å². The average molecular weight is 278 g/mol. The summed E-state index contributed by atoms with van der Waals surface area (Å²) in [6, 6.07) is 11.4. The second-order valence-electron chi connectivity index (χ2n) is 3.49. The SMILES string of the molecule is NCC#Cc1ccc(COc2ccccc2Cl)s1. The molecule has 2 aromatic rings. The molecule has 0 unspecified atom stereocenters. The Morgan fingerprint density at radius 3 is 2.83 bits per heavy atom. The Labute approximate surface area is 115 Å². The van der Waals surface area contributed by atoms with Crippen LogP contribution < -0.4 is 10.5 Å². The molecule has 0 saturated carbocycles. The van der Waals surface area contributed by atoms with Crippen LogP contribution in [0.1, 0.15) is 9.75 Å². The predicted octanol–water partition coefficient (Wildman–Crippen LogP) is 3.29. The third-order valence-corrected chi connectivity index (χ3v) is 3.47. The van der Waals surface area contributed by atoms with Crippen molar-refractivity contribution in [3.63, 3.8) is 0 Å². The molecule has 2 N–H and O–H groups in total. The molecule has 0 aliphatic carbocycles. The Kier molecular flexibility index (Phi) is 4.66. The van der Waals surface area contributed by atoms with E-state index in [0.29, 0.717) is 23.9 Å². The van der Waals surface area contributed by atoms with E-state index in [1.54, 1.807) is 11.3 Å². The summed E-state index contributed by atoms with van der Waals surface area (Å²) in [6.07, 6.45) is 0. The maximum absolute atomic E-state index is 6.01. The van der Waals surface area contributed by atoms with Gasteiger partial charge in [-0.3, -0.25) is 0 Å². The van der Waals surface area contributed by atoms with Crippen LogP contribution in [0.4, 0.5) is 0 Å². The lowest BCUT2D eigenvalue weighted by Gasteiger charge is -2.05. The van der Waals surface area contributed by atoms with Crippen molar-refractivity contribution < 1.29 is 4.74 Å². The lowest BCUT2D eigenvalue weighted by Crippen LogP contribution is -1.93. The van der Waals surface area contributed by atoms with Gasteiger partial charge in [-0.2, -0.15) is 0 Å². The fraction of sp³-hybridized carbons (Fsp3) is 0.143. The van der Waals surface area contributed by atoms with E-state index in [1.165, 1.54) is 0 Å². The summed E-state index contributed by atoms with van der Waals surface area (Å²) in [6.45, 7) is 0.877. The minimum absolute atomic E-state index is 0.378. The molecule has 0 aliphatic rings. The summed E-state index contributed by atoms with van der Waals surface area (Å²) in [7, 11) is 0. The second-order valence-corrected chi connectivity index (χ2v) is 5.07. The quantitative estimate of drug-likeness (QED) is 0.874. The van der Waals surface area contributed by atoms with Crippen molar-refractivity contribution in [3.05, 3.63) is 51.2 Å². The molecule has 0 fully saturated rings. The Morgan fingerprint density at radius 2 is 2.06 bits per heavy atom. The van der Waals surface area contributed by atoms with Crippen LogP contribution in [-0.4, -0.2) is 6.54 Å². The molecule has 0 aliphatic heterocycles. The van der Waals surface area contributed by atoms with Gasteiger partial charge in [-0.25, -0.2) is 0 Å². The Morgan fingerprint density at radius 1 is 1.22 bits per heavy atom. The van der Waals surface area contributed by atoms with E-state index >= 15 is 0 Å². The van der Waals surface area contributed by atoms with Crippen LogP contribution in [0.3, 0.4) is 0 Å². The fourth-order valence-electron chi connectivity index (χ4n) is 1.37. The zero-order chi connectivity index (χ0) is 12.8. The zero-order valence-electron chi connectivity index (χ0n) is 9.65. The molecular weight excluding hydrogens is 266 g/mol.